The summed E-state index contributed by atoms with van der Waals surface area (Å²) < 4.78 is 7.80. The van der Waals surface area contributed by atoms with E-state index in [1.54, 1.807) is 0 Å². The Hall–Kier alpha value is -1.56. The molecule has 0 bridgehead atoms. The Balaban J connectivity index is 1.65. The molecule has 1 aliphatic heterocycles. The van der Waals surface area contributed by atoms with E-state index in [9.17, 15) is 0 Å². The molecule has 2 fully saturated rings. The van der Waals surface area contributed by atoms with E-state index in [1.807, 2.05) is 24.1 Å². The van der Waals surface area contributed by atoms with Crippen molar-refractivity contribution in [3.8, 4) is 0 Å². The average molecular weight is 348 g/mol. The van der Waals surface area contributed by atoms with Gasteiger partial charge in [0.25, 0.3) is 0 Å². The van der Waals surface area contributed by atoms with Crippen molar-refractivity contribution < 1.29 is 4.74 Å². The molecule has 1 aliphatic carbocycles. The zero-order valence-electron chi connectivity index (χ0n) is 15.9. The summed E-state index contributed by atoms with van der Waals surface area (Å²) >= 11 is 0. The summed E-state index contributed by atoms with van der Waals surface area (Å²) in [4.78, 5) is 7.35. The summed E-state index contributed by atoms with van der Waals surface area (Å²) in [6.45, 7) is 8.81. The standard InChI is InChI=1S/C19H33N5O/c1-4-20-19(21-11-16-8-6-5-7-15(16)2)24-9-10-25-18(14-24)17-12-22-23(3)13-17/h12-13,15-16,18H,4-11,14H2,1-3H3,(H,20,21). The first kappa shape index (κ1) is 18.2. The summed E-state index contributed by atoms with van der Waals surface area (Å²) in [5, 5.41) is 7.76. The summed E-state index contributed by atoms with van der Waals surface area (Å²) in [5.74, 6) is 2.57. The minimum absolute atomic E-state index is 0.0694. The summed E-state index contributed by atoms with van der Waals surface area (Å²) in [6.07, 6.45) is 9.45. The molecule has 0 aromatic carbocycles. The van der Waals surface area contributed by atoms with Crippen LogP contribution in [0.15, 0.2) is 17.4 Å². The molecule has 1 aromatic rings. The zero-order valence-corrected chi connectivity index (χ0v) is 15.9. The monoisotopic (exact) mass is 347 g/mol. The highest BCUT2D eigenvalue weighted by Gasteiger charge is 2.26. The van der Waals surface area contributed by atoms with E-state index >= 15 is 0 Å². The first-order valence-electron chi connectivity index (χ1n) is 9.80. The largest absolute Gasteiger partial charge is 0.370 e. The molecule has 0 spiro atoms. The Labute approximate surface area is 151 Å². The van der Waals surface area contributed by atoms with Crippen molar-refractivity contribution >= 4 is 5.96 Å². The number of hydrogen-bond donors (Lipinski definition) is 1. The summed E-state index contributed by atoms with van der Waals surface area (Å²) in [5.41, 5.74) is 1.14. The molecule has 3 rings (SSSR count). The molecule has 6 nitrogen and oxygen atoms in total. The molecule has 3 atom stereocenters. The predicted molar refractivity (Wildman–Crippen MR) is 101 cm³/mol. The minimum atomic E-state index is 0.0694. The first-order chi connectivity index (χ1) is 12.2. The number of guanidine groups is 1. The third kappa shape index (κ3) is 4.75. The fourth-order valence-electron chi connectivity index (χ4n) is 3.94. The molecule has 2 aliphatic rings. The topological polar surface area (TPSA) is 54.7 Å². The maximum atomic E-state index is 5.97. The van der Waals surface area contributed by atoms with E-state index in [4.69, 9.17) is 9.73 Å². The third-order valence-corrected chi connectivity index (χ3v) is 5.56. The van der Waals surface area contributed by atoms with Crippen molar-refractivity contribution in [2.45, 2.75) is 45.6 Å². The van der Waals surface area contributed by atoms with Crippen LogP contribution in [0.1, 0.15) is 51.2 Å². The van der Waals surface area contributed by atoms with Crippen LogP contribution in [0.2, 0.25) is 0 Å². The lowest BCUT2D eigenvalue weighted by Gasteiger charge is -2.35. The number of nitrogens with zero attached hydrogens (tertiary/aromatic N) is 4. The molecule has 1 saturated carbocycles. The van der Waals surface area contributed by atoms with Crippen molar-refractivity contribution in [3.05, 3.63) is 18.0 Å². The predicted octanol–water partition coefficient (Wildman–Crippen LogP) is 2.59. The molecular weight excluding hydrogens is 314 g/mol. The van der Waals surface area contributed by atoms with E-state index in [0.717, 1.165) is 56.1 Å². The van der Waals surface area contributed by atoms with Crippen molar-refractivity contribution in [3.63, 3.8) is 0 Å². The Morgan fingerprint density at radius 1 is 1.40 bits per heavy atom. The van der Waals surface area contributed by atoms with E-state index in [2.05, 4.69) is 29.2 Å². The Morgan fingerprint density at radius 3 is 2.96 bits per heavy atom. The zero-order chi connectivity index (χ0) is 17.6. The Morgan fingerprint density at radius 2 is 2.24 bits per heavy atom. The summed E-state index contributed by atoms with van der Waals surface area (Å²) in [7, 11) is 1.95. The van der Waals surface area contributed by atoms with Gasteiger partial charge in [-0.25, -0.2) is 0 Å². The maximum absolute atomic E-state index is 5.97. The average Bonchev–Trinajstić information content (AvgIpc) is 3.06. The van der Waals surface area contributed by atoms with Gasteiger partial charge in [0.2, 0.25) is 0 Å². The van der Waals surface area contributed by atoms with Crippen molar-refractivity contribution in [1.82, 2.24) is 20.0 Å². The van der Waals surface area contributed by atoms with E-state index in [1.165, 1.54) is 25.7 Å². The second-order valence-electron chi connectivity index (χ2n) is 7.47. The van der Waals surface area contributed by atoms with Crippen LogP contribution in [0.3, 0.4) is 0 Å². The molecule has 140 valence electrons. The third-order valence-electron chi connectivity index (χ3n) is 5.56. The van der Waals surface area contributed by atoms with Gasteiger partial charge in [0.05, 0.1) is 19.3 Å². The number of morpholine rings is 1. The highest BCUT2D eigenvalue weighted by molar-refractivity contribution is 5.80. The number of ether oxygens (including phenoxy) is 1. The van der Waals surface area contributed by atoms with Crippen molar-refractivity contribution in [2.24, 2.45) is 23.9 Å². The van der Waals surface area contributed by atoms with Crippen LogP contribution >= 0.6 is 0 Å². The highest BCUT2D eigenvalue weighted by atomic mass is 16.5. The van der Waals surface area contributed by atoms with Crippen molar-refractivity contribution in [2.75, 3.05) is 32.8 Å². The number of aryl methyl sites for hydroxylation is 1. The number of aliphatic imine (C=N–C) groups is 1. The summed E-state index contributed by atoms with van der Waals surface area (Å²) in [6, 6.07) is 0. The van der Waals surface area contributed by atoms with Gasteiger partial charge in [-0.05, 0) is 25.2 Å². The van der Waals surface area contributed by atoms with Gasteiger partial charge in [-0.2, -0.15) is 5.10 Å². The molecule has 1 saturated heterocycles. The number of hydrogen-bond acceptors (Lipinski definition) is 3. The van der Waals surface area contributed by atoms with Gasteiger partial charge in [0.15, 0.2) is 5.96 Å². The lowest BCUT2D eigenvalue weighted by atomic mass is 9.80. The lowest BCUT2D eigenvalue weighted by Crippen LogP contribution is -2.48. The van der Waals surface area contributed by atoms with E-state index in [0.29, 0.717) is 0 Å². The smallest absolute Gasteiger partial charge is 0.194 e. The number of aromatic nitrogens is 2. The van der Waals surface area contributed by atoms with Gasteiger partial charge >= 0.3 is 0 Å². The molecular formula is C19H33N5O. The Bertz CT molecular complexity index is 570. The molecule has 1 aromatic heterocycles. The normalized spacial score (nSPS) is 28.2. The van der Waals surface area contributed by atoms with Crippen LogP contribution in [0.25, 0.3) is 0 Å². The van der Waals surface area contributed by atoms with Crippen LogP contribution in [-0.2, 0) is 11.8 Å². The fourth-order valence-corrected chi connectivity index (χ4v) is 3.94. The number of nitrogens with one attached hydrogen (secondary N) is 1. The van der Waals surface area contributed by atoms with Crippen LogP contribution in [-0.4, -0.2) is 53.4 Å². The van der Waals surface area contributed by atoms with E-state index in [-0.39, 0.29) is 6.10 Å². The van der Waals surface area contributed by atoms with Gasteiger partial charge in [-0.15, -0.1) is 0 Å². The van der Waals surface area contributed by atoms with Gasteiger partial charge < -0.3 is 15.0 Å². The number of rotatable bonds is 4. The van der Waals surface area contributed by atoms with Gasteiger partial charge in [-0.3, -0.25) is 9.67 Å². The molecule has 3 unspecified atom stereocenters. The van der Waals surface area contributed by atoms with Crippen LogP contribution in [0.5, 0.6) is 0 Å². The molecule has 1 N–H and O–H groups in total. The van der Waals surface area contributed by atoms with Gasteiger partial charge in [0.1, 0.15) is 6.10 Å². The van der Waals surface area contributed by atoms with Crippen molar-refractivity contribution in [1.29, 1.82) is 0 Å². The maximum Gasteiger partial charge on any atom is 0.194 e. The van der Waals surface area contributed by atoms with Gasteiger partial charge in [0, 0.05) is 38.4 Å². The second-order valence-corrected chi connectivity index (χ2v) is 7.47. The molecule has 6 heteroatoms. The second kappa shape index (κ2) is 8.70. The first-order valence-corrected chi connectivity index (χ1v) is 9.80. The quantitative estimate of drug-likeness (QED) is 0.672. The molecule has 2 heterocycles. The van der Waals surface area contributed by atoms with Gasteiger partial charge in [-0.1, -0.05) is 26.2 Å². The lowest BCUT2D eigenvalue weighted by molar-refractivity contribution is -0.00808. The van der Waals surface area contributed by atoms with E-state index < -0.39 is 0 Å². The Kier molecular flexibility index (Phi) is 6.34. The minimum Gasteiger partial charge on any atom is -0.370 e. The van der Waals surface area contributed by atoms with Crippen LogP contribution < -0.4 is 5.32 Å². The SMILES string of the molecule is CCNC(=NCC1CCCCC1C)N1CCOC(c2cnn(C)c2)C1. The van der Waals surface area contributed by atoms with Crippen LogP contribution in [0.4, 0.5) is 0 Å². The van der Waals surface area contributed by atoms with Crippen LogP contribution in [0, 0.1) is 11.8 Å². The highest BCUT2D eigenvalue weighted by Crippen LogP contribution is 2.29. The molecule has 0 amide bonds. The molecule has 25 heavy (non-hydrogen) atoms. The molecule has 0 radical (unpaired) electrons. The fraction of sp³-hybridized carbons (Fsp3) is 0.789.